The maximum Gasteiger partial charge on any atom is 0.287 e. The van der Waals surface area contributed by atoms with Gasteiger partial charge in [-0.2, -0.15) is 0 Å². The summed E-state index contributed by atoms with van der Waals surface area (Å²) in [5, 5.41) is 11.1. The van der Waals surface area contributed by atoms with Crippen LogP contribution >= 0.6 is 0 Å². The van der Waals surface area contributed by atoms with Crippen LogP contribution in [0.3, 0.4) is 0 Å². The van der Waals surface area contributed by atoms with E-state index in [9.17, 15) is 13.2 Å². The van der Waals surface area contributed by atoms with Crippen LogP contribution in [0.1, 0.15) is 23.9 Å². The highest BCUT2D eigenvalue weighted by atomic mass is 32.2. The van der Waals surface area contributed by atoms with E-state index < -0.39 is 15.9 Å². The van der Waals surface area contributed by atoms with E-state index in [0.29, 0.717) is 13.0 Å². The smallest absolute Gasteiger partial charge is 0.287 e. The molecule has 1 rings (SSSR count). The summed E-state index contributed by atoms with van der Waals surface area (Å²) in [6.45, 7) is 2.33. The molecule has 2 N–H and O–H groups in total. The van der Waals surface area contributed by atoms with E-state index in [4.69, 9.17) is 9.52 Å². The highest BCUT2D eigenvalue weighted by Gasteiger charge is 2.23. The van der Waals surface area contributed by atoms with E-state index in [0.717, 1.165) is 4.31 Å². The standard InChI is InChI=1S/C12H20N2O5S/c1-9(6-7-15)8-13-12(16)10-4-5-11(19-10)20(17,18)14(2)3/h4-5,9,15H,6-8H2,1-3H3,(H,13,16). The Labute approximate surface area is 118 Å². The van der Waals surface area contributed by atoms with Crippen molar-refractivity contribution in [2.45, 2.75) is 18.4 Å². The van der Waals surface area contributed by atoms with Crippen molar-refractivity contribution in [2.24, 2.45) is 5.92 Å². The predicted octanol–water partition coefficient (Wildman–Crippen LogP) is 0.278. The third-order valence-corrected chi connectivity index (χ3v) is 4.46. The number of carbonyl (C=O) groups is 1. The number of nitrogens with one attached hydrogen (secondary N) is 1. The average molecular weight is 304 g/mol. The summed E-state index contributed by atoms with van der Waals surface area (Å²) in [5.74, 6) is -0.402. The molecule has 0 spiro atoms. The number of sulfonamides is 1. The van der Waals surface area contributed by atoms with Crippen LogP contribution in [0.25, 0.3) is 0 Å². The number of hydrogen-bond acceptors (Lipinski definition) is 5. The largest absolute Gasteiger partial charge is 0.438 e. The minimum Gasteiger partial charge on any atom is -0.438 e. The summed E-state index contributed by atoms with van der Waals surface area (Å²) in [7, 11) is -0.910. The summed E-state index contributed by atoms with van der Waals surface area (Å²) in [4.78, 5) is 11.8. The van der Waals surface area contributed by atoms with Crippen LogP contribution in [0, 0.1) is 5.92 Å². The Balaban J connectivity index is 2.70. The van der Waals surface area contributed by atoms with Crippen LogP contribution in [-0.2, 0) is 10.0 Å². The monoisotopic (exact) mass is 304 g/mol. The van der Waals surface area contributed by atoms with Gasteiger partial charge in [-0.3, -0.25) is 4.79 Å². The summed E-state index contributed by atoms with van der Waals surface area (Å²) < 4.78 is 29.7. The lowest BCUT2D eigenvalue weighted by Gasteiger charge is -2.10. The molecule has 0 aliphatic carbocycles. The zero-order chi connectivity index (χ0) is 15.3. The molecule has 1 amide bonds. The number of amides is 1. The molecular formula is C12H20N2O5S. The summed E-state index contributed by atoms with van der Waals surface area (Å²) in [6, 6.07) is 2.57. The van der Waals surface area contributed by atoms with Crippen molar-refractivity contribution in [3.8, 4) is 0 Å². The van der Waals surface area contributed by atoms with Crippen LogP contribution in [0.4, 0.5) is 0 Å². The van der Waals surface area contributed by atoms with Crippen molar-refractivity contribution in [1.29, 1.82) is 0 Å². The molecule has 1 aromatic rings. The molecule has 0 aliphatic heterocycles. The normalized spacial score (nSPS) is 13.4. The highest BCUT2D eigenvalue weighted by Crippen LogP contribution is 2.16. The van der Waals surface area contributed by atoms with Crippen LogP contribution in [0.2, 0.25) is 0 Å². The minimum absolute atomic E-state index is 0.0541. The van der Waals surface area contributed by atoms with Crippen LogP contribution in [-0.4, -0.2) is 51.0 Å². The molecule has 0 aliphatic rings. The predicted molar refractivity (Wildman–Crippen MR) is 72.8 cm³/mol. The van der Waals surface area contributed by atoms with Gasteiger partial charge in [0.25, 0.3) is 15.9 Å². The first kappa shape index (κ1) is 16.7. The molecule has 0 saturated heterocycles. The van der Waals surface area contributed by atoms with Gasteiger partial charge in [0.1, 0.15) is 0 Å². The molecule has 1 aromatic heterocycles. The molecule has 0 bridgehead atoms. The molecule has 0 fully saturated rings. The van der Waals surface area contributed by atoms with E-state index in [1.165, 1.54) is 26.2 Å². The van der Waals surface area contributed by atoms with Gasteiger partial charge in [0.05, 0.1) is 0 Å². The molecule has 7 nitrogen and oxygen atoms in total. The molecular weight excluding hydrogens is 284 g/mol. The van der Waals surface area contributed by atoms with E-state index >= 15 is 0 Å². The molecule has 114 valence electrons. The Morgan fingerprint density at radius 3 is 2.65 bits per heavy atom. The van der Waals surface area contributed by atoms with Crippen LogP contribution in [0.5, 0.6) is 0 Å². The number of aliphatic hydroxyl groups is 1. The average Bonchev–Trinajstić information content (AvgIpc) is 2.86. The summed E-state index contributed by atoms with van der Waals surface area (Å²) >= 11 is 0. The fourth-order valence-electron chi connectivity index (χ4n) is 1.44. The van der Waals surface area contributed by atoms with Crippen molar-refractivity contribution >= 4 is 15.9 Å². The van der Waals surface area contributed by atoms with Crippen molar-refractivity contribution in [2.75, 3.05) is 27.2 Å². The lowest BCUT2D eigenvalue weighted by atomic mass is 10.1. The minimum atomic E-state index is -3.68. The SMILES string of the molecule is CC(CCO)CNC(=O)c1ccc(S(=O)(=O)N(C)C)o1. The maximum atomic E-state index is 11.8. The van der Waals surface area contributed by atoms with Crippen LogP contribution in [0.15, 0.2) is 21.6 Å². The zero-order valence-corrected chi connectivity index (χ0v) is 12.6. The Hall–Kier alpha value is -1.38. The van der Waals surface area contributed by atoms with Crippen molar-refractivity contribution in [1.82, 2.24) is 9.62 Å². The first-order valence-electron chi connectivity index (χ1n) is 6.20. The third kappa shape index (κ3) is 4.06. The second-order valence-electron chi connectivity index (χ2n) is 4.73. The van der Waals surface area contributed by atoms with Gasteiger partial charge in [0.2, 0.25) is 5.09 Å². The molecule has 0 aromatic carbocycles. The van der Waals surface area contributed by atoms with Gasteiger partial charge in [-0.15, -0.1) is 0 Å². The number of hydrogen-bond donors (Lipinski definition) is 2. The van der Waals surface area contributed by atoms with E-state index in [1.807, 2.05) is 6.92 Å². The first-order chi connectivity index (χ1) is 9.28. The van der Waals surface area contributed by atoms with Gasteiger partial charge in [0.15, 0.2) is 5.76 Å². The van der Waals surface area contributed by atoms with Gasteiger partial charge in [-0.25, -0.2) is 12.7 Å². The number of aliphatic hydroxyl groups excluding tert-OH is 1. The fraction of sp³-hybridized carbons (Fsp3) is 0.583. The number of furan rings is 1. The molecule has 0 saturated carbocycles. The second-order valence-corrected chi connectivity index (χ2v) is 6.82. The first-order valence-corrected chi connectivity index (χ1v) is 7.64. The lowest BCUT2D eigenvalue weighted by molar-refractivity contribution is 0.0912. The van der Waals surface area contributed by atoms with Gasteiger partial charge < -0.3 is 14.8 Å². The van der Waals surface area contributed by atoms with Gasteiger partial charge >= 0.3 is 0 Å². The van der Waals surface area contributed by atoms with Crippen molar-refractivity contribution < 1.29 is 22.7 Å². The third-order valence-electron chi connectivity index (χ3n) is 2.77. The van der Waals surface area contributed by atoms with Crippen LogP contribution < -0.4 is 5.32 Å². The second kappa shape index (κ2) is 6.87. The molecule has 1 atom stereocenters. The number of carbonyl (C=O) groups excluding carboxylic acids is 1. The lowest BCUT2D eigenvalue weighted by Crippen LogP contribution is -2.28. The van der Waals surface area contributed by atoms with Gasteiger partial charge in [-0.1, -0.05) is 6.92 Å². The summed E-state index contributed by atoms with van der Waals surface area (Å²) in [6.07, 6.45) is 0.582. The Morgan fingerprint density at radius 1 is 1.45 bits per heavy atom. The quantitative estimate of drug-likeness (QED) is 0.753. The van der Waals surface area contributed by atoms with Gasteiger partial charge in [-0.05, 0) is 24.5 Å². The van der Waals surface area contributed by atoms with Gasteiger partial charge in [0, 0.05) is 27.2 Å². The molecule has 20 heavy (non-hydrogen) atoms. The maximum absolute atomic E-state index is 11.8. The van der Waals surface area contributed by atoms with Crippen molar-refractivity contribution in [3.63, 3.8) is 0 Å². The summed E-state index contributed by atoms with van der Waals surface area (Å²) in [5.41, 5.74) is 0. The number of nitrogens with zero attached hydrogens (tertiary/aromatic N) is 1. The molecule has 8 heteroatoms. The van der Waals surface area contributed by atoms with E-state index in [2.05, 4.69) is 5.32 Å². The Morgan fingerprint density at radius 2 is 2.10 bits per heavy atom. The van der Waals surface area contributed by atoms with E-state index in [-0.39, 0.29) is 23.4 Å². The Bertz CT molecular complexity index is 550. The molecule has 1 unspecified atom stereocenters. The highest BCUT2D eigenvalue weighted by molar-refractivity contribution is 7.88. The van der Waals surface area contributed by atoms with Crippen molar-refractivity contribution in [3.05, 3.63) is 17.9 Å². The number of rotatable bonds is 7. The molecule has 1 heterocycles. The molecule has 0 radical (unpaired) electrons. The fourth-order valence-corrected chi connectivity index (χ4v) is 2.23. The Kier molecular flexibility index (Phi) is 5.73. The topological polar surface area (TPSA) is 99.8 Å². The zero-order valence-electron chi connectivity index (χ0n) is 11.8. The van der Waals surface area contributed by atoms with E-state index in [1.54, 1.807) is 0 Å².